The Kier molecular flexibility index (Phi) is 4.96. The number of hydrogen-bond donors (Lipinski definition) is 1. The smallest absolute Gasteiger partial charge is 0.224 e. The first-order valence-electron chi connectivity index (χ1n) is 5.53. The highest BCUT2D eigenvalue weighted by atomic mass is 32.1. The van der Waals surface area contributed by atoms with Crippen LogP contribution >= 0.6 is 11.3 Å². The van der Waals surface area contributed by atoms with Crippen molar-refractivity contribution in [1.29, 1.82) is 0 Å². The minimum atomic E-state index is 0.169. The maximum Gasteiger partial charge on any atom is 0.224 e. The van der Waals surface area contributed by atoms with Gasteiger partial charge in [0.2, 0.25) is 5.91 Å². The molecule has 0 saturated heterocycles. The third-order valence-electron chi connectivity index (χ3n) is 2.74. The van der Waals surface area contributed by atoms with Gasteiger partial charge in [-0.05, 0) is 33.0 Å². The van der Waals surface area contributed by atoms with Gasteiger partial charge in [-0.2, -0.15) is 0 Å². The molecule has 0 aliphatic carbocycles. The Bertz CT molecular complexity index is 349. The average Bonchev–Trinajstić information content (AvgIpc) is 2.70. The molecule has 1 N–H and O–H groups in total. The summed E-state index contributed by atoms with van der Waals surface area (Å²) in [6.45, 7) is 4.89. The van der Waals surface area contributed by atoms with Gasteiger partial charge in [0, 0.05) is 29.8 Å². The third kappa shape index (κ3) is 3.32. The van der Waals surface area contributed by atoms with Crippen molar-refractivity contribution in [3.63, 3.8) is 0 Å². The second-order valence-corrected chi connectivity index (χ2v) is 5.30. The summed E-state index contributed by atoms with van der Waals surface area (Å²) in [7, 11) is 3.73. The van der Waals surface area contributed by atoms with Gasteiger partial charge in [-0.15, -0.1) is 11.3 Å². The predicted molar refractivity (Wildman–Crippen MR) is 68.8 cm³/mol. The molecule has 0 aliphatic heterocycles. The Balaban J connectivity index is 2.59. The molecule has 0 spiro atoms. The molecule has 1 amide bonds. The first-order chi connectivity index (χ1) is 7.56. The van der Waals surface area contributed by atoms with Crippen LogP contribution in [-0.4, -0.2) is 31.4 Å². The number of nitrogens with one attached hydrogen (secondary N) is 1. The molecule has 3 nitrogen and oxygen atoms in total. The maximum absolute atomic E-state index is 11.8. The van der Waals surface area contributed by atoms with Crippen LogP contribution in [0, 0.1) is 6.92 Å². The molecule has 4 heteroatoms. The van der Waals surface area contributed by atoms with E-state index < -0.39 is 0 Å². The highest BCUT2D eigenvalue weighted by molar-refractivity contribution is 7.12. The van der Waals surface area contributed by atoms with Crippen molar-refractivity contribution in [2.45, 2.75) is 26.3 Å². The number of carbonyl (C=O) groups is 1. The summed E-state index contributed by atoms with van der Waals surface area (Å²) < 4.78 is 0. The van der Waals surface area contributed by atoms with Crippen molar-refractivity contribution in [3.8, 4) is 0 Å². The zero-order valence-corrected chi connectivity index (χ0v) is 11.2. The van der Waals surface area contributed by atoms with Crippen molar-refractivity contribution in [2.75, 3.05) is 20.6 Å². The van der Waals surface area contributed by atoms with Crippen LogP contribution in [0.15, 0.2) is 12.1 Å². The summed E-state index contributed by atoms with van der Waals surface area (Å²) in [6, 6.07) is 4.37. The number of aryl methyl sites for hydroxylation is 1. The summed E-state index contributed by atoms with van der Waals surface area (Å²) in [5, 5.41) is 2.99. The molecule has 1 atom stereocenters. The second-order valence-electron chi connectivity index (χ2n) is 3.98. The number of amides is 1. The van der Waals surface area contributed by atoms with E-state index in [0.29, 0.717) is 6.42 Å². The Morgan fingerprint density at radius 2 is 2.25 bits per heavy atom. The van der Waals surface area contributed by atoms with E-state index in [1.54, 1.807) is 11.3 Å². The normalized spacial score (nSPS) is 12.5. The number of nitrogens with zero attached hydrogens (tertiary/aromatic N) is 1. The standard InChI is InChI=1S/C12H20N2OS/c1-9-5-6-11(16-9)10(2)14(4)12(15)7-8-13-3/h5-6,10,13H,7-8H2,1-4H3. The lowest BCUT2D eigenvalue weighted by Gasteiger charge is -2.24. The molecule has 0 aliphatic rings. The zero-order valence-electron chi connectivity index (χ0n) is 10.4. The fraction of sp³-hybridized carbons (Fsp3) is 0.583. The molecule has 1 aromatic rings. The monoisotopic (exact) mass is 240 g/mol. The second kappa shape index (κ2) is 6.01. The molecule has 0 saturated carbocycles. The van der Waals surface area contributed by atoms with E-state index in [-0.39, 0.29) is 11.9 Å². The summed E-state index contributed by atoms with van der Waals surface area (Å²) in [6.07, 6.45) is 0.557. The van der Waals surface area contributed by atoms with Crippen molar-refractivity contribution in [1.82, 2.24) is 10.2 Å². The van der Waals surface area contributed by atoms with Gasteiger partial charge < -0.3 is 10.2 Å². The first-order valence-corrected chi connectivity index (χ1v) is 6.34. The SMILES string of the molecule is CNCCC(=O)N(C)C(C)c1ccc(C)s1. The number of hydrogen-bond acceptors (Lipinski definition) is 3. The lowest BCUT2D eigenvalue weighted by atomic mass is 10.2. The van der Waals surface area contributed by atoms with Crippen LogP contribution in [0.1, 0.15) is 29.1 Å². The van der Waals surface area contributed by atoms with Crippen molar-refractivity contribution >= 4 is 17.2 Å². The van der Waals surface area contributed by atoms with Crippen molar-refractivity contribution in [3.05, 3.63) is 21.9 Å². The van der Waals surface area contributed by atoms with E-state index in [2.05, 4.69) is 31.3 Å². The third-order valence-corrected chi connectivity index (χ3v) is 3.91. The van der Waals surface area contributed by atoms with Crippen LogP contribution in [0.25, 0.3) is 0 Å². The van der Waals surface area contributed by atoms with Crippen LogP contribution in [0.2, 0.25) is 0 Å². The van der Waals surface area contributed by atoms with E-state index in [1.165, 1.54) is 9.75 Å². The maximum atomic E-state index is 11.8. The fourth-order valence-electron chi connectivity index (χ4n) is 1.49. The molecule has 90 valence electrons. The fourth-order valence-corrected chi connectivity index (χ4v) is 2.47. The van der Waals surface area contributed by atoms with Gasteiger partial charge in [0.25, 0.3) is 0 Å². The molecular formula is C12H20N2OS. The molecule has 16 heavy (non-hydrogen) atoms. The van der Waals surface area contributed by atoms with Crippen LogP contribution in [0.5, 0.6) is 0 Å². The van der Waals surface area contributed by atoms with Gasteiger partial charge in [0.05, 0.1) is 6.04 Å². The molecule has 0 aromatic carbocycles. The van der Waals surface area contributed by atoms with Gasteiger partial charge >= 0.3 is 0 Å². The minimum Gasteiger partial charge on any atom is -0.338 e. The summed E-state index contributed by atoms with van der Waals surface area (Å²) in [5.41, 5.74) is 0. The predicted octanol–water partition coefficient (Wildman–Crippen LogP) is 2.19. The molecule has 0 radical (unpaired) electrons. The number of thiophene rings is 1. The van der Waals surface area contributed by atoms with Crippen molar-refractivity contribution in [2.24, 2.45) is 0 Å². The lowest BCUT2D eigenvalue weighted by Crippen LogP contribution is -2.31. The molecule has 1 aromatic heterocycles. The van der Waals surface area contributed by atoms with Gasteiger partial charge in [-0.3, -0.25) is 4.79 Å². The Morgan fingerprint density at radius 3 is 2.75 bits per heavy atom. The molecule has 1 heterocycles. The van der Waals surface area contributed by atoms with Gasteiger partial charge in [-0.1, -0.05) is 0 Å². The van der Waals surface area contributed by atoms with Gasteiger partial charge in [-0.25, -0.2) is 0 Å². The van der Waals surface area contributed by atoms with Crippen molar-refractivity contribution < 1.29 is 4.79 Å². The quantitative estimate of drug-likeness (QED) is 0.855. The lowest BCUT2D eigenvalue weighted by molar-refractivity contribution is -0.131. The number of rotatable bonds is 5. The molecule has 1 unspecified atom stereocenters. The molecule has 1 rings (SSSR count). The average molecular weight is 240 g/mol. The molecular weight excluding hydrogens is 220 g/mol. The summed E-state index contributed by atoms with van der Waals surface area (Å²) >= 11 is 1.76. The topological polar surface area (TPSA) is 32.3 Å². The Labute approximate surface area is 101 Å². The van der Waals surface area contributed by atoms with Crippen LogP contribution < -0.4 is 5.32 Å². The van der Waals surface area contributed by atoms with E-state index in [4.69, 9.17) is 0 Å². The van der Waals surface area contributed by atoms with E-state index in [1.807, 2.05) is 19.0 Å². The first kappa shape index (κ1) is 13.2. The zero-order chi connectivity index (χ0) is 12.1. The highest BCUT2D eigenvalue weighted by Crippen LogP contribution is 2.26. The van der Waals surface area contributed by atoms with Crippen LogP contribution in [-0.2, 0) is 4.79 Å². The van der Waals surface area contributed by atoms with E-state index in [0.717, 1.165) is 6.54 Å². The van der Waals surface area contributed by atoms with E-state index >= 15 is 0 Å². The summed E-state index contributed by atoms with van der Waals surface area (Å²) in [4.78, 5) is 16.2. The Morgan fingerprint density at radius 1 is 1.56 bits per heavy atom. The minimum absolute atomic E-state index is 0.169. The van der Waals surface area contributed by atoms with Gasteiger partial charge in [0.1, 0.15) is 0 Å². The number of carbonyl (C=O) groups excluding carboxylic acids is 1. The van der Waals surface area contributed by atoms with Crippen LogP contribution in [0.4, 0.5) is 0 Å². The summed E-state index contributed by atoms with van der Waals surface area (Å²) in [5.74, 6) is 0.188. The molecule has 0 bridgehead atoms. The van der Waals surface area contributed by atoms with Crippen LogP contribution in [0.3, 0.4) is 0 Å². The largest absolute Gasteiger partial charge is 0.338 e. The molecule has 0 fully saturated rings. The highest BCUT2D eigenvalue weighted by Gasteiger charge is 2.17. The van der Waals surface area contributed by atoms with E-state index in [9.17, 15) is 4.79 Å². The van der Waals surface area contributed by atoms with Gasteiger partial charge in [0.15, 0.2) is 0 Å². The Hall–Kier alpha value is -0.870.